The average Bonchev–Trinajstić information content (AvgIpc) is 3.07. The summed E-state index contributed by atoms with van der Waals surface area (Å²) in [6.07, 6.45) is 4.40. The average molecular weight is 339 g/mol. The van der Waals surface area contributed by atoms with Gasteiger partial charge in [0.25, 0.3) is 0 Å². The van der Waals surface area contributed by atoms with E-state index in [0.717, 1.165) is 23.5 Å². The van der Waals surface area contributed by atoms with Crippen LogP contribution >= 0.6 is 0 Å². The molecular formula is C20H25N3O2. The van der Waals surface area contributed by atoms with E-state index in [1.54, 1.807) is 4.90 Å². The SMILES string of the molecule is C=CC(=O)Nc1ccc(CCC(=O)N(C)Cc2cccn2CC)cc1. The van der Waals surface area contributed by atoms with E-state index in [0.29, 0.717) is 19.4 Å². The molecule has 0 unspecified atom stereocenters. The smallest absolute Gasteiger partial charge is 0.247 e. The summed E-state index contributed by atoms with van der Waals surface area (Å²) in [4.78, 5) is 25.4. The van der Waals surface area contributed by atoms with Crippen molar-refractivity contribution in [3.05, 3.63) is 66.5 Å². The van der Waals surface area contributed by atoms with Crippen LogP contribution in [0.5, 0.6) is 0 Å². The predicted octanol–water partition coefficient (Wildman–Crippen LogP) is 3.22. The number of carbonyl (C=O) groups is 2. The monoisotopic (exact) mass is 339 g/mol. The van der Waals surface area contributed by atoms with Crippen LogP contribution in [0.15, 0.2) is 55.3 Å². The summed E-state index contributed by atoms with van der Waals surface area (Å²) in [5.41, 5.74) is 2.92. The van der Waals surface area contributed by atoms with Gasteiger partial charge in [-0.25, -0.2) is 0 Å². The first-order valence-corrected chi connectivity index (χ1v) is 8.43. The zero-order valence-corrected chi connectivity index (χ0v) is 14.9. The summed E-state index contributed by atoms with van der Waals surface area (Å²) in [6, 6.07) is 11.6. The van der Waals surface area contributed by atoms with Gasteiger partial charge < -0.3 is 14.8 Å². The van der Waals surface area contributed by atoms with Gasteiger partial charge in [-0.3, -0.25) is 9.59 Å². The molecule has 0 aliphatic rings. The quantitative estimate of drug-likeness (QED) is 0.751. The van der Waals surface area contributed by atoms with E-state index in [4.69, 9.17) is 0 Å². The molecule has 0 saturated heterocycles. The fourth-order valence-electron chi connectivity index (χ4n) is 2.62. The van der Waals surface area contributed by atoms with Gasteiger partial charge in [0.2, 0.25) is 11.8 Å². The predicted molar refractivity (Wildman–Crippen MR) is 100 cm³/mol. The van der Waals surface area contributed by atoms with Crippen molar-refractivity contribution < 1.29 is 9.59 Å². The van der Waals surface area contributed by atoms with Gasteiger partial charge in [0, 0.05) is 37.6 Å². The number of benzene rings is 1. The number of nitrogens with zero attached hydrogens (tertiary/aromatic N) is 2. The molecule has 2 amide bonds. The van der Waals surface area contributed by atoms with Gasteiger partial charge in [-0.15, -0.1) is 0 Å². The minimum atomic E-state index is -0.235. The lowest BCUT2D eigenvalue weighted by Crippen LogP contribution is -2.27. The van der Waals surface area contributed by atoms with E-state index in [-0.39, 0.29) is 11.8 Å². The van der Waals surface area contributed by atoms with Gasteiger partial charge in [-0.2, -0.15) is 0 Å². The Hall–Kier alpha value is -2.82. The Morgan fingerprint density at radius 2 is 1.96 bits per heavy atom. The number of anilines is 1. The van der Waals surface area contributed by atoms with E-state index < -0.39 is 0 Å². The standard InChI is InChI=1S/C20H25N3O2/c1-4-19(24)21-17-11-8-16(9-12-17)10-13-20(25)22(3)15-18-7-6-14-23(18)5-2/h4,6-9,11-12,14H,1,5,10,13,15H2,2-3H3,(H,21,24). The van der Waals surface area contributed by atoms with Crippen LogP contribution in [0.4, 0.5) is 5.69 Å². The van der Waals surface area contributed by atoms with Gasteiger partial charge >= 0.3 is 0 Å². The van der Waals surface area contributed by atoms with Crippen molar-refractivity contribution in [2.24, 2.45) is 0 Å². The third-order valence-electron chi connectivity index (χ3n) is 4.12. The first-order chi connectivity index (χ1) is 12.0. The van der Waals surface area contributed by atoms with Crippen LogP contribution in [0.3, 0.4) is 0 Å². The van der Waals surface area contributed by atoms with Gasteiger partial charge in [-0.05, 0) is 49.2 Å². The molecule has 1 N–H and O–H groups in total. The van der Waals surface area contributed by atoms with E-state index in [2.05, 4.69) is 23.4 Å². The lowest BCUT2D eigenvalue weighted by atomic mass is 10.1. The topological polar surface area (TPSA) is 54.3 Å². The molecule has 25 heavy (non-hydrogen) atoms. The molecular weight excluding hydrogens is 314 g/mol. The number of nitrogens with one attached hydrogen (secondary N) is 1. The highest BCUT2D eigenvalue weighted by Crippen LogP contribution is 2.12. The second kappa shape index (κ2) is 8.87. The first-order valence-electron chi connectivity index (χ1n) is 8.43. The minimum Gasteiger partial charge on any atom is -0.350 e. The molecule has 0 saturated carbocycles. The second-order valence-electron chi connectivity index (χ2n) is 5.93. The molecule has 0 aliphatic carbocycles. The maximum atomic E-state index is 12.3. The largest absolute Gasteiger partial charge is 0.350 e. The van der Waals surface area contributed by atoms with Gasteiger partial charge in [0.05, 0.1) is 6.54 Å². The van der Waals surface area contributed by atoms with Gasteiger partial charge in [0.1, 0.15) is 0 Å². The number of hydrogen-bond acceptors (Lipinski definition) is 2. The molecule has 5 nitrogen and oxygen atoms in total. The Labute approximate surface area is 149 Å². The molecule has 1 aromatic heterocycles. The summed E-state index contributed by atoms with van der Waals surface area (Å²) in [7, 11) is 1.84. The number of aryl methyl sites for hydroxylation is 2. The maximum Gasteiger partial charge on any atom is 0.247 e. The number of carbonyl (C=O) groups excluding carboxylic acids is 2. The molecule has 0 aliphatic heterocycles. The van der Waals surface area contributed by atoms with Crippen LogP contribution in [-0.4, -0.2) is 28.3 Å². The third kappa shape index (κ3) is 5.35. The number of rotatable bonds is 8. The molecule has 0 bridgehead atoms. The number of hydrogen-bond donors (Lipinski definition) is 1. The second-order valence-corrected chi connectivity index (χ2v) is 5.93. The molecule has 0 fully saturated rings. The zero-order valence-electron chi connectivity index (χ0n) is 14.9. The van der Waals surface area contributed by atoms with Crippen LogP contribution in [0.1, 0.15) is 24.6 Å². The molecule has 0 spiro atoms. The summed E-state index contributed by atoms with van der Waals surface area (Å²) >= 11 is 0. The van der Waals surface area contributed by atoms with E-state index >= 15 is 0 Å². The van der Waals surface area contributed by atoms with Crippen LogP contribution in [0.2, 0.25) is 0 Å². The Morgan fingerprint density at radius 1 is 1.24 bits per heavy atom. The maximum absolute atomic E-state index is 12.3. The Morgan fingerprint density at radius 3 is 2.60 bits per heavy atom. The van der Waals surface area contributed by atoms with Crippen LogP contribution in [-0.2, 0) is 29.1 Å². The van der Waals surface area contributed by atoms with Crippen molar-refractivity contribution in [2.45, 2.75) is 32.9 Å². The first kappa shape index (κ1) is 18.5. The van der Waals surface area contributed by atoms with Gasteiger partial charge in [-0.1, -0.05) is 18.7 Å². The molecule has 2 aromatic rings. The van der Waals surface area contributed by atoms with E-state index in [1.165, 1.54) is 6.08 Å². The highest BCUT2D eigenvalue weighted by molar-refractivity contribution is 5.98. The minimum absolute atomic E-state index is 0.118. The molecule has 0 radical (unpaired) electrons. The zero-order chi connectivity index (χ0) is 18.2. The van der Waals surface area contributed by atoms with Crippen molar-refractivity contribution in [3.8, 4) is 0 Å². The Bertz CT molecular complexity index is 732. The molecule has 1 aromatic carbocycles. The van der Waals surface area contributed by atoms with Crippen molar-refractivity contribution in [1.29, 1.82) is 0 Å². The Balaban J connectivity index is 1.84. The summed E-state index contributed by atoms with van der Waals surface area (Å²) in [6.45, 7) is 7.03. The van der Waals surface area contributed by atoms with Crippen LogP contribution < -0.4 is 5.32 Å². The van der Waals surface area contributed by atoms with Crippen molar-refractivity contribution in [2.75, 3.05) is 12.4 Å². The van der Waals surface area contributed by atoms with Crippen LogP contribution in [0.25, 0.3) is 0 Å². The Kier molecular flexibility index (Phi) is 6.57. The number of amides is 2. The fourth-order valence-corrected chi connectivity index (χ4v) is 2.62. The fraction of sp³-hybridized carbons (Fsp3) is 0.300. The van der Waals surface area contributed by atoms with E-state index in [1.807, 2.05) is 49.6 Å². The lowest BCUT2D eigenvalue weighted by Gasteiger charge is -2.18. The number of aromatic nitrogens is 1. The van der Waals surface area contributed by atoms with Crippen molar-refractivity contribution in [3.63, 3.8) is 0 Å². The summed E-state index contributed by atoms with van der Waals surface area (Å²) < 4.78 is 2.14. The van der Waals surface area contributed by atoms with E-state index in [9.17, 15) is 9.59 Å². The molecule has 1 heterocycles. The summed E-state index contributed by atoms with van der Waals surface area (Å²) in [5.74, 6) is -0.116. The molecule has 132 valence electrons. The molecule has 5 heteroatoms. The van der Waals surface area contributed by atoms with Crippen molar-refractivity contribution >= 4 is 17.5 Å². The third-order valence-corrected chi connectivity index (χ3v) is 4.12. The highest BCUT2D eigenvalue weighted by Gasteiger charge is 2.11. The van der Waals surface area contributed by atoms with Crippen molar-refractivity contribution in [1.82, 2.24) is 9.47 Å². The summed E-state index contributed by atoms with van der Waals surface area (Å²) in [5, 5.41) is 2.70. The van der Waals surface area contributed by atoms with Crippen LogP contribution in [0, 0.1) is 0 Å². The normalized spacial score (nSPS) is 10.3. The highest BCUT2D eigenvalue weighted by atomic mass is 16.2. The van der Waals surface area contributed by atoms with Gasteiger partial charge in [0.15, 0.2) is 0 Å². The molecule has 0 atom stereocenters. The lowest BCUT2D eigenvalue weighted by molar-refractivity contribution is -0.130. The molecule has 2 rings (SSSR count).